The van der Waals surface area contributed by atoms with E-state index in [1.54, 1.807) is 10.9 Å². The molecule has 1 aromatic carbocycles. The Kier molecular flexibility index (Phi) is 5.74. The van der Waals surface area contributed by atoms with Gasteiger partial charge in [-0.25, -0.2) is 14.3 Å². The third-order valence-electron chi connectivity index (χ3n) is 6.56. The zero-order chi connectivity index (χ0) is 22.9. The Balaban J connectivity index is 1.58. The summed E-state index contributed by atoms with van der Waals surface area (Å²) >= 11 is 0. The highest BCUT2D eigenvalue weighted by Gasteiger charge is 2.35. The molecule has 0 aliphatic heterocycles. The van der Waals surface area contributed by atoms with Crippen LogP contribution in [0.25, 0.3) is 11.2 Å². The predicted molar refractivity (Wildman–Crippen MR) is 126 cm³/mol. The zero-order valence-corrected chi connectivity index (χ0v) is 18.9. The summed E-state index contributed by atoms with van der Waals surface area (Å²) in [7, 11) is 0. The monoisotopic (exact) mass is 447 g/mol. The summed E-state index contributed by atoms with van der Waals surface area (Å²) in [5.41, 5.74) is 1.73. The van der Waals surface area contributed by atoms with Crippen molar-refractivity contribution in [2.45, 2.75) is 71.1 Å². The number of aromatic nitrogens is 4. The molecule has 0 atom stereocenters. The fraction of sp³-hybridized carbons (Fsp3) is 0.440. The fourth-order valence-electron chi connectivity index (χ4n) is 4.71. The molecule has 0 unspecified atom stereocenters. The van der Waals surface area contributed by atoms with Crippen LogP contribution in [0.5, 0.6) is 0 Å². The highest BCUT2D eigenvalue weighted by Crippen LogP contribution is 2.33. The van der Waals surface area contributed by atoms with Gasteiger partial charge in [0.2, 0.25) is 5.91 Å². The quantitative estimate of drug-likeness (QED) is 0.558. The number of hydrogen-bond donors (Lipinski definition) is 0. The van der Waals surface area contributed by atoms with Crippen molar-refractivity contribution in [1.82, 2.24) is 23.6 Å². The van der Waals surface area contributed by atoms with Crippen LogP contribution in [0.3, 0.4) is 0 Å². The Morgan fingerprint density at radius 2 is 1.91 bits per heavy atom. The average molecular weight is 448 g/mol. The van der Waals surface area contributed by atoms with Crippen LogP contribution >= 0.6 is 0 Å². The van der Waals surface area contributed by atoms with Gasteiger partial charge in [-0.2, -0.15) is 0 Å². The minimum Gasteiger partial charge on any atom is -0.325 e. The number of nitrogens with zero attached hydrogens (tertiary/aromatic N) is 5. The summed E-state index contributed by atoms with van der Waals surface area (Å²) in [6.45, 7) is 2.49. The van der Waals surface area contributed by atoms with Gasteiger partial charge in [0, 0.05) is 18.3 Å². The normalized spacial score (nSPS) is 16.1. The Bertz CT molecular complexity index is 1330. The largest absolute Gasteiger partial charge is 0.333 e. The summed E-state index contributed by atoms with van der Waals surface area (Å²) < 4.78 is 4.34. The van der Waals surface area contributed by atoms with Gasteiger partial charge in [0.25, 0.3) is 5.56 Å². The summed E-state index contributed by atoms with van der Waals surface area (Å²) in [5.74, 6) is -0.182. The van der Waals surface area contributed by atoms with Crippen molar-refractivity contribution in [3.05, 3.63) is 74.8 Å². The molecule has 1 saturated carbocycles. The minimum absolute atomic E-state index is 0.182. The summed E-state index contributed by atoms with van der Waals surface area (Å²) in [6, 6.07) is 9.79. The topological polar surface area (TPSA) is 82.1 Å². The van der Waals surface area contributed by atoms with Crippen LogP contribution in [0.15, 0.2) is 58.0 Å². The Morgan fingerprint density at radius 1 is 1.12 bits per heavy atom. The number of allylic oxidation sites excluding steroid dienone is 2. The molecule has 8 heteroatoms. The van der Waals surface area contributed by atoms with Crippen molar-refractivity contribution in [1.29, 1.82) is 0 Å². The van der Waals surface area contributed by atoms with Crippen molar-refractivity contribution in [2.24, 2.45) is 0 Å². The first-order valence-corrected chi connectivity index (χ1v) is 11.8. The van der Waals surface area contributed by atoms with Crippen molar-refractivity contribution in [3.63, 3.8) is 0 Å². The number of carbonyl (C=O) groups is 1. The molecule has 2 aliphatic carbocycles. The maximum absolute atomic E-state index is 13.5. The van der Waals surface area contributed by atoms with E-state index in [1.807, 2.05) is 42.2 Å². The highest BCUT2D eigenvalue weighted by molar-refractivity contribution is 5.79. The molecule has 8 nitrogen and oxygen atoms in total. The second kappa shape index (κ2) is 8.84. The van der Waals surface area contributed by atoms with Gasteiger partial charge in [-0.15, -0.1) is 0 Å². The van der Waals surface area contributed by atoms with E-state index in [-0.39, 0.29) is 25.0 Å². The number of rotatable bonds is 7. The third kappa shape index (κ3) is 4.05. The number of hydrogen-bond acceptors (Lipinski definition) is 4. The summed E-state index contributed by atoms with van der Waals surface area (Å²) in [6.07, 6.45) is 9.71. The van der Waals surface area contributed by atoms with Gasteiger partial charge in [0.1, 0.15) is 6.54 Å². The number of aryl methyl sites for hydroxylation is 1. The molecule has 0 bridgehead atoms. The van der Waals surface area contributed by atoms with E-state index in [9.17, 15) is 14.4 Å². The van der Waals surface area contributed by atoms with Crippen LogP contribution in [-0.4, -0.2) is 35.5 Å². The summed E-state index contributed by atoms with van der Waals surface area (Å²) in [5, 5.41) is 0. The molecule has 5 rings (SSSR count). The lowest BCUT2D eigenvalue weighted by Crippen LogP contribution is -2.45. The first-order chi connectivity index (χ1) is 16.1. The standard InChI is InChI=1S/C25H29N5O3/c1-2-27-17-26-23-22(27)24(32)29(25(33)28(23)15-18-9-5-3-6-10-18)16-21(31)30(20-13-14-20)19-11-7-4-8-12-19/h3,5-6,9-11,17,20H,2,4,7-8,12-16H2,1H3. The summed E-state index contributed by atoms with van der Waals surface area (Å²) in [4.78, 5) is 46.6. The number of fused-ring (bicyclic) bond motifs is 1. The van der Waals surface area contributed by atoms with Crippen molar-refractivity contribution in [2.75, 3.05) is 0 Å². The minimum atomic E-state index is -0.501. The maximum atomic E-state index is 13.5. The molecule has 3 aromatic rings. The van der Waals surface area contributed by atoms with Crippen LogP contribution < -0.4 is 11.2 Å². The first-order valence-electron chi connectivity index (χ1n) is 11.8. The molecule has 0 saturated heterocycles. The molecule has 172 valence electrons. The number of carbonyl (C=O) groups excluding carboxylic acids is 1. The van der Waals surface area contributed by atoms with Crippen LogP contribution in [0.2, 0.25) is 0 Å². The fourth-order valence-corrected chi connectivity index (χ4v) is 4.71. The lowest BCUT2D eigenvalue weighted by atomic mass is 10.0. The molecule has 0 spiro atoms. The number of imidazole rings is 1. The van der Waals surface area contributed by atoms with Gasteiger partial charge < -0.3 is 9.47 Å². The van der Waals surface area contributed by atoms with Crippen molar-refractivity contribution in [3.8, 4) is 0 Å². The zero-order valence-electron chi connectivity index (χ0n) is 18.9. The Morgan fingerprint density at radius 3 is 2.58 bits per heavy atom. The molecule has 0 radical (unpaired) electrons. The van der Waals surface area contributed by atoms with E-state index in [0.29, 0.717) is 17.7 Å². The molecule has 1 fully saturated rings. The van der Waals surface area contributed by atoms with Gasteiger partial charge in [-0.3, -0.25) is 14.2 Å². The molecule has 2 aromatic heterocycles. The van der Waals surface area contributed by atoms with E-state index in [1.165, 1.54) is 4.57 Å². The van der Waals surface area contributed by atoms with E-state index in [0.717, 1.165) is 54.4 Å². The molecule has 0 N–H and O–H groups in total. The highest BCUT2D eigenvalue weighted by atomic mass is 16.2. The van der Waals surface area contributed by atoms with E-state index in [2.05, 4.69) is 11.1 Å². The number of amides is 1. The molecule has 2 heterocycles. The lowest BCUT2D eigenvalue weighted by Gasteiger charge is -2.28. The molecular weight excluding hydrogens is 418 g/mol. The second-order valence-corrected chi connectivity index (χ2v) is 8.88. The second-order valence-electron chi connectivity index (χ2n) is 8.88. The molecule has 33 heavy (non-hydrogen) atoms. The third-order valence-corrected chi connectivity index (χ3v) is 6.56. The molecule has 1 amide bonds. The predicted octanol–water partition coefficient (Wildman–Crippen LogP) is 2.88. The number of benzene rings is 1. The van der Waals surface area contributed by atoms with Gasteiger partial charge in [0.15, 0.2) is 11.2 Å². The average Bonchev–Trinajstić information content (AvgIpc) is 3.57. The van der Waals surface area contributed by atoms with Crippen molar-refractivity contribution >= 4 is 17.1 Å². The van der Waals surface area contributed by atoms with Crippen LogP contribution in [0.1, 0.15) is 51.0 Å². The van der Waals surface area contributed by atoms with Gasteiger partial charge >= 0.3 is 5.69 Å². The SMILES string of the molecule is CCn1cnc2c1c(=O)n(CC(=O)N(C1=CCCCC1)C1CC1)c(=O)n2Cc1ccccc1. The van der Waals surface area contributed by atoms with E-state index >= 15 is 0 Å². The van der Waals surface area contributed by atoms with E-state index in [4.69, 9.17) is 0 Å². The van der Waals surface area contributed by atoms with Gasteiger partial charge in [-0.05, 0) is 51.0 Å². The van der Waals surface area contributed by atoms with Gasteiger partial charge in [-0.1, -0.05) is 36.4 Å². The molecule has 2 aliphatic rings. The van der Waals surface area contributed by atoms with Gasteiger partial charge in [0.05, 0.1) is 12.9 Å². The Hall–Kier alpha value is -3.42. The van der Waals surface area contributed by atoms with Crippen LogP contribution in [0.4, 0.5) is 0 Å². The van der Waals surface area contributed by atoms with Crippen LogP contribution in [0, 0.1) is 0 Å². The van der Waals surface area contributed by atoms with Crippen molar-refractivity contribution < 1.29 is 4.79 Å². The van der Waals surface area contributed by atoms with E-state index < -0.39 is 11.2 Å². The smallest absolute Gasteiger partial charge is 0.325 e. The van der Waals surface area contributed by atoms with Crippen LogP contribution in [-0.2, 0) is 24.4 Å². The Labute approximate surface area is 191 Å². The first kappa shape index (κ1) is 21.4. The maximum Gasteiger partial charge on any atom is 0.333 e. The molecular formula is C25H29N5O3. The lowest BCUT2D eigenvalue weighted by molar-refractivity contribution is -0.130.